The van der Waals surface area contributed by atoms with Gasteiger partial charge in [0, 0.05) is 17.1 Å². The van der Waals surface area contributed by atoms with Gasteiger partial charge in [-0.3, -0.25) is 14.9 Å². The zero-order chi connectivity index (χ0) is 19.2. The highest BCUT2D eigenvalue weighted by molar-refractivity contribution is 8.18. The molecule has 0 aliphatic carbocycles. The molecule has 2 heterocycles. The maximum Gasteiger partial charge on any atom is 0.290 e. The van der Waals surface area contributed by atoms with E-state index in [1.54, 1.807) is 48.5 Å². The molecule has 1 aliphatic rings. The smallest absolute Gasteiger partial charge is 0.282 e. The van der Waals surface area contributed by atoms with E-state index in [4.69, 9.17) is 0 Å². The van der Waals surface area contributed by atoms with Crippen LogP contribution in [0, 0.1) is 6.92 Å². The lowest BCUT2D eigenvalue weighted by Crippen LogP contribution is -2.17. The number of nitrogens with one attached hydrogen (secondary N) is 1. The molecule has 0 spiro atoms. The molecular weight excluding hydrogens is 384 g/mol. The van der Waals surface area contributed by atoms with Crippen LogP contribution in [0.3, 0.4) is 0 Å². The fourth-order valence-corrected chi connectivity index (χ4v) is 4.93. The lowest BCUT2D eigenvalue weighted by Gasteiger charge is -2.07. The van der Waals surface area contributed by atoms with Crippen LogP contribution in [0.2, 0.25) is 0 Å². The molecule has 6 nitrogen and oxygen atoms in total. The molecule has 0 atom stereocenters. The summed E-state index contributed by atoms with van der Waals surface area (Å²) in [5.74, 6) is -0.483. The van der Waals surface area contributed by atoms with Crippen molar-refractivity contribution in [2.24, 2.45) is 0 Å². The molecule has 136 valence electrons. The number of carbonyl (C=O) groups excluding carboxylic acids is 2. The number of aromatic nitrogens is 1. The fraction of sp³-hybridized carbons (Fsp3) is 0.0526. The molecule has 27 heavy (non-hydrogen) atoms. The second kappa shape index (κ2) is 6.40. The van der Waals surface area contributed by atoms with Gasteiger partial charge >= 0.3 is 0 Å². The number of aryl methyl sites for hydroxylation is 1. The van der Waals surface area contributed by atoms with Crippen molar-refractivity contribution < 1.29 is 18.0 Å². The SMILES string of the molecule is Cc1ccc(S(=O)(=O)n2cc(/C=C3\SC(=O)NC3=O)c3ccccc32)cc1. The molecule has 1 aliphatic heterocycles. The molecule has 3 aromatic rings. The monoisotopic (exact) mass is 398 g/mol. The normalized spacial score (nSPS) is 16.3. The van der Waals surface area contributed by atoms with Crippen LogP contribution in [0.1, 0.15) is 11.1 Å². The minimum atomic E-state index is -3.81. The molecule has 0 radical (unpaired) electrons. The number of hydrogen-bond donors (Lipinski definition) is 1. The van der Waals surface area contributed by atoms with Gasteiger partial charge in [0.15, 0.2) is 0 Å². The van der Waals surface area contributed by atoms with Gasteiger partial charge in [-0.15, -0.1) is 0 Å². The van der Waals surface area contributed by atoms with Gasteiger partial charge in [-0.2, -0.15) is 0 Å². The number of hydrogen-bond acceptors (Lipinski definition) is 5. The molecule has 1 fully saturated rings. The van der Waals surface area contributed by atoms with Crippen LogP contribution in [0.15, 0.2) is 64.5 Å². The number of fused-ring (bicyclic) bond motifs is 1. The van der Waals surface area contributed by atoms with Gasteiger partial charge in [0.2, 0.25) is 0 Å². The van der Waals surface area contributed by atoms with Gasteiger partial charge in [-0.05, 0) is 43.0 Å². The van der Waals surface area contributed by atoms with E-state index in [1.165, 1.54) is 16.2 Å². The third kappa shape index (κ3) is 3.07. The minimum Gasteiger partial charge on any atom is -0.282 e. The Morgan fingerprint density at radius 2 is 1.74 bits per heavy atom. The Morgan fingerprint density at radius 3 is 2.41 bits per heavy atom. The summed E-state index contributed by atoms with van der Waals surface area (Å²) < 4.78 is 27.5. The number of benzene rings is 2. The Kier molecular flexibility index (Phi) is 4.16. The van der Waals surface area contributed by atoms with Crippen molar-refractivity contribution in [3.8, 4) is 0 Å². The number of para-hydroxylation sites is 1. The van der Waals surface area contributed by atoms with E-state index in [0.717, 1.165) is 17.3 Å². The highest BCUT2D eigenvalue weighted by atomic mass is 32.2. The Morgan fingerprint density at radius 1 is 1.04 bits per heavy atom. The summed E-state index contributed by atoms with van der Waals surface area (Å²) in [7, 11) is -3.81. The number of nitrogens with zero attached hydrogens (tertiary/aromatic N) is 1. The Hall–Kier alpha value is -2.84. The summed E-state index contributed by atoms with van der Waals surface area (Å²) in [6, 6.07) is 13.6. The lowest BCUT2D eigenvalue weighted by molar-refractivity contribution is -0.115. The molecule has 8 heteroatoms. The van der Waals surface area contributed by atoms with Crippen LogP contribution in [-0.2, 0) is 14.8 Å². The molecule has 4 rings (SSSR count). The predicted molar refractivity (Wildman–Crippen MR) is 105 cm³/mol. The molecule has 0 unspecified atom stereocenters. The lowest BCUT2D eigenvalue weighted by atomic mass is 10.1. The van der Waals surface area contributed by atoms with Crippen LogP contribution in [0.5, 0.6) is 0 Å². The third-order valence-electron chi connectivity index (χ3n) is 4.22. The number of rotatable bonds is 3. The summed E-state index contributed by atoms with van der Waals surface area (Å²) in [5.41, 5.74) is 2.01. The first kappa shape index (κ1) is 17.6. The summed E-state index contributed by atoms with van der Waals surface area (Å²) in [6.45, 7) is 1.89. The minimum absolute atomic E-state index is 0.177. The maximum atomic E-state index is 13.1. The predicted octanol–water partition coefficient (Wildman–Crippen LogP) is 3.51. The van der Waals surface area contributed by atoms with E-state index >= 15 is 0 Å². The Bertz CT molecular complexity index is 1220. The summed E-state index contributed by atoms with van der Waals surface area (Å²) in [4.78, 5) is 23.6. The average molecular weight is 398 g/mol. The topological polar surface area (TPSA) is 85.2 Å². The van der Waals surface area contributed by atoms with Gasteiger partial charge in [-0.1, -0.05) is 35.9 Å². The van der Waals surface area contributed by atoms with Crippen LogP contribution >= 0.6 is 11.8 Å². The molecule has 1 aromatic heterocycles. The molecular formula is C19H14N2O4S2. The third-order valence-corrected chi connectivity index (χ3v) is 6.71. The number of amides is 2. The number of carbonyl (C=O) groups is 2. The van der Waals surface area contributed by atoms with Gasteiger partial charge in [0.1, 0.15) is 0 Å². The second-order valence-corrected chi connectivity index (χ2v) is 8.90. The zero-order valence-corrected chi connectivity index (χ0v) is 15.8. The highest BCUT2D eigenvalue weighted by Crippen LogP contribution is 2.31. The Balaban J connectivity index is 1.90. The number of thioether (sulfide) groups is 1. The summed E-state index contributed by atoms with van der Waals surface area (Å²) >= 11 is 0.795. The van der Waals surface area contributed by atoms with E-state index in [9.17, 15) is 18.0 Å². The molecule has 2 amide bonds. The zero-order valence-electron chi connectivity index (χ0n) is 14.2. The van der Waals surface area contributed by atoms with Crippen molar-refractivity contribution in [3.05, 3.63) is 70.8 Å². The van der Waals surface area contributed by atoms with Crippen molar-refractivity contribution in [1.82, 2.24) is 9.29 Å². The second-order valence-electron chi connectivity index (χ2n) is 6.07. The first-order valence-corrected chi connectivity index (χ1v) is 10.3. The number of imide groups is 1. The van der Waals surface area contributed by atoms with Crippen molar-refractivity contribution >= 4 is 49.9 Å². The van der Waals surface area contributed by atoms with Gasteiger partial charge < -0.3 is 0 Å². The van der Waals surface area contributed by atoms with Crippen LogP contribution in [-0.4, -0.2) is 23.5 Å². The van der Waals surface area contributed by atoms with Crippen LogP contribution < -0.4 is 5.32 Å². The standard InChI is InChI=1S/C19H14N2O4S2/c1-12-6-8-14(9-7-12)27(24,25)21-11-13(15-4-2-3-5-16(15)21)10-17-18(22)20-19(23)26-17/h2-11H,1H3,(H,20,22,23)/b17-10-. The molecule has 0 bridgehead atoms. The summed E-state index contributed by atoms with van der Waals surface area (Å²) in [5, 5.41) is 2.43. The first-order valence-electron chi connectivity index (χ1n) is 8.03. The quantitative estimate of drug-likeness (QED) is 0.683. The Labute approximate surface area is 159 Å². The van der Waals surface area contributed by atoms with Crippen molar-refractivity contribution in [2.45, 2.75) is 11.8 Å². The maximum absolute atomic E-state index is 13.1. The van der Waals surface area contributed by atoms with Gasteiger partial charge in [0.05, 0.1) is 15.3 Å². The van der Waals surface area contributed by atoms with Gasteiger partial charge in [0.25, 0.3) is 21.2 Å². The fourth-order valence-electron chi connectivity index (χ4n) is 2.88. The van der Waals surface area contributed by atoms with Crippen molar-refractivity contribution in [1.29, 1.82) is 0 Å². The van der Waals surface area contributed by atoms with E-state index in [1.807, 2.05) is 6.92 Å². The van der Waals surface area contributed by atoms with E-state index in [0.29, 0.717) is 16.5 Å². The van der Waals surface area contributed by atoms with E-state index in [2.05, 4.69) is 5.32 Å². The van der Waals surface area contributed by atoms with Crippen LogP contribution in [0.25, 0.3) is 17.0 Å². The largest absolute Gasteiger partial charge is 0.290 e. The van der Waals surface area contributed by atoms with E-state index < -0.39 is 21.2 Å². The molecule has 2 aromatic carbocycles. The van der Waals surface area contributed by atoms with E-state index in [-0.39, 0.29) is 9.80 Å². The first-order chi connectivity index (χ1) is 12.9. The molecule has 1 saturated heterocycles. The van der Waals surface area contributed by atoms with Gasteiger partial charge in [-0.25, -0.2) is 12.4 Å². The molecule has 0 saturated carbocycles. The van der Waals surface area contributed by atoms with Crippen LogP contribution in [0.4, 0.5) is 4.79 Å². The summed E-state index contributed by atoms with van der Waals surface area (Å²) in [6.07, 6.45) is 3.01. The average Bonchev–Trinajstić information content (AvgIpc) is 3.16. The van der Waals surface area contributed by atoms with Crippen molar-refractivity contribution in [2.75, 3.05) is 0 Å². The highest BCUT2D eigenvalue weighted by Gasteiger charge is 2.26. The molecule has 1 N–H and O–H groups in total. The van der Waals surface area contributed by atoms with Crippen molar-refractivity contribution in [3.63, 3.8) is 0 Å².